The van der Waals surface area contributed by atoms with Crippen LogP contribution in [-0.2, 0) is 19.4 Å². The van der Waals surface area contributed by atoms with E-state index in [0.29, 0.717) is 0 Å². The number of benzene rings is 1. The summed E-state index contributed by atoms with van der Waals surface area (Å²) in [5, 5.41) is 6.85. The van der Waals surface area contributed by atoms with Crippen molar-refractivity contribution < 1.29 is 4.79 Å². The zero-order valence-corrected chi connectivity index (χ0v) is 16.6. The topological polar surface area (TPSA) is 57.3 Å². The first-order valence-corrected chi connectivity index (χ1v) is 10.9. The van der Waals surface area contributed by atoms with Crippen molar-refractivity contribution in [2.45, 2.75) is 57.5 Å². The Morgan fingerprint density at radius 2 is 1.89 bits per heavy atom. The Kier molecular flexibility index (Phi) is 6.04. The summed E-state index contributed by atoms with van der Waals surface area (Å²) in [6, 6.07) is 10.7. The van der Waals surface area contributed by atoms with E-state index < -0.39 is 0 Å². The highest BCUT2D eigenvalue weighted by Gasteiger charge is 2.21. The number of amides is 2. The molecule has 1 aromatic heterocycles. The van der Waals surface area contributed by atoms with Crippen LogP contribution in [0.1, 0.15) is 48.2 Å². The Hall–Kier alpha value is -1.92. The van der Waals surface area contributed by atoms with Crippen LogP contribution >= 0.6 is 11.3 Å². The number of hydrogen-bond acceptors (Lipinski definition) is 4. The molecular formula is C21H28N4OS. The summed E-state index contributed by atoms with van der Waals surface area (Å²) in [4.78, 5) is 20.8. The number of nitrogens with one attached hydrogen (secondary N) is 2. The van der Waals surface area contributed by atoms with Crippen molar-refractivity contribution in [2.75, 3.05) is 18.4 Å². The van der Waals surface area contributed by atoms with Gasteiger partial charge < -0.3 is 5.32 Å². The predicted octanol–water partition coefficient (Wildman–Crippen LogP) is 4.20. The molecule has 2 N–H and O–H groups in total. The number of aryl methyl sites for hydroxylation is 2. The average molecular weight is 385 g/mol. The van der Waals surface area contributed by atoms with Crippen molar-refractivity contribution in [3.05, 3.63) is 46.5 Å². The van der Waals surface area contributed by atoms with Crippen molar-refractivity contribution in [1.82, 2.24) is 15.2 Å². The van der Waals surface area contributed by atoms with Crippen molar-refractivity contribution in [3.63, 3.8) is 0 Å². The molecule has 0 spiro atoms. The third-order valence-corrected chi connectivity index (χ3v) is 6.56. The van der Waals surface area contributed by atoms with Crippen LogP contribution in [0.15, 0.2) is 30.3 Å². The molecule has 1 saturated heterocycles. The molecule has 4 rings (SSSR count). The average Bonchev–Trinajstić information content (AvgIpc) is 2.92. The number of aromatic nitrogens is 1. The van der Waals surface area contributed by atoms with Crippen molar-refractivity contribution in [1.29, 1.82) is 0 Å². The van der Waals surface area contributed by atoms with Crippen LogP contribution in [0, 0.1) is 0 Å². The van der Waals surface area contributed by atoms with E-state index in [2.05, 4.69) is 50.8 Å². The normalized spacial score (nSPS) is 18.5. The van der Waals surface area contributed by atoms with Gasteiger partial charge in [0, 0.05) is 30.6 Å². The van der Waals surface area contributed by atoms with Crippen LogP contribution in [0.25, 0.3) is 0 Å². The molecule has 1 aliphatic carbocycles. The number of carbonyl (C=O) groups excluding carboxylic acids is 1. The molecule has 2 aromatic rings. The van der Waals surface area contributed by atoms with Gasteiger partial charge in [-0.1, -0.05) is 36.8 Å². The summed E-state index contributed by atoms with van der Waals surface area (Å²) in [5.41, 5.74) is 2.55. The molecule has 0 bridgehead atoms. The molecule has 1 fully saturated rings. The second kappa shape index (κ2) is 8.85. The number of anilines is 1. The maximum atomic E-state index is 12.4. The van der Waals surface area contributed by atoms with Gasteiger partial charge in [-0.2, -0.15) is 0 Å². The lowest BCUT2D eigenvalue weighted by Gasteiger charge is -2.32. The van der Waals surface area contributed by atoms with Crippen LogP contribution in [0.2, 0.25) is 0 Å². The van der Waals surface area contributed by atoms with Gasteiger partial charge in [0.25, 0.3) is 0 Å². The number of piperidine rings is 1. The number of likely N-dealkylation sites (tertiary alicyclic amines) is 1. The minimum Gasteiger partial charge on any atom is -0.335 e. The predicted molar refractivity (Wildman–Crippen MR) is 110 cm³/mol. The van der Waals surface area contributed by atoms with Crippen LogP contribution in [-0.4, -0.2) is 35.0 Å². The molecule has 1 aliphatic heterocycles. The highest BCUT2D eigenvalue weighted by atomic mass is 32.1. The molecule has 5 nitrogen and oxygen atoms in total. The summed E-state index contributed by atoms with van der Waals surface area (Å²) < 4.78 is 0. The number of thiazole rings is 1. The Bertz CT molecular complexity index is 729. The Labute approximate surface area is 165 Å². The molecule has 0 saturated carbocycles. The zero-order chi connectivity index (χ0) is 18.5. The number of rotatable bonds is 4. The highest BCUT2D eigenvalue weighted by molar-refractivity contribution is 7.15. The molecule has 0 radical (unpaired) electrons. The lowest BCUT2D eigenvalue weighted by Crippen LogP contribution is -2.45. The second-order valence-electron chi connectivity index (χ2n) is 7.58. The van der Waals surface area contributed by atoms with Crippen LogP contribution in [0.5, 0.6) is 0 Å². The second-order valence-corrected chi connectivity index (χ2v) is 8.67. The minimum atomic E-state index is -0.111. The van der Waals surface area contributed by atoms with E-state index in [1.54, 1.807) is 11.3 Å². The van der Waals surface area contributed by atoms with Crippen LogP contribution < -0.4 is 10.6 Å². The first-order valence-electron chi connectivity index (χ1n) is 10.1. The van der Waals surface area contributed by atoms with Gasteiger partial charge in [-0.3, -0.25) is 10.2 Å². The highest BCUT2D eigenvalue weighted by Crippen LogP contribution is 2.28. The quantitative estimate of drug-likeness (QED) is 0.777. The van der Waals surface area contributed by atoms with E-state index in [1.165, 1.54) is 35.4 Å². The van der Waals surface area contributed by atoms with Gasteiger partial charge in [0.15, 0.2) is 5.13 Å². The van der Waals surface area contributed by atoms with Crippen LogP contribution in [0.3, 0.4) is 0 Å². The van der Waals surface area contributed by atoms with E-state index in [0.717, 1.165) is 50.4 Å². The van der Waals surface area contributed by atoms with Gasteiger partial charge in [0.1, 0.15) is 0 Å². The standard InChI is InChI=1S/C21H28N4OS/c26-20(24-21-23-18-9-5-2-6-10-19(18)27-21)22-17-11-13-25(14-12-17)15-16-7-3-1-4-8-16/h1,3-4,7-8,17H,2,5-6,9-15H2,(H2,22,23,24,26). The molecule has 1 aromatic carbocycles. The van der Waals surface area contributed by atoms with Gasteiger partial charge in [-0.25, -0.2) is 9.78 Å². The summed E-state index contributed by atoms with van der Waals surface area (Å²) in [5.74, 6) is 0. The zero-order valence-electron chi connectivity index (χ0n) is 15.7. The molecule has 6 heteroatoms. The summed E-state index contributed by atoms with van der Waals surface area (Å²) >= 11 is 1.65. The summed E-state index contributed by atoms with van der Waals surface area (Å²) in [7, 11) is 0. The van der Waals surface area contributed by atoms with E-state index in [1.807, 2.05) is 0 Å². The van der Waals surface area contributed by atoms with E-state index in [4.69, 9.17) is 0 Å². The Morgan fingerprint density at radius 1 is 1.11 bits per heavy atom. The summed E-state index contributed by atoms with van der Waals surface area (Å²) in [6.07, 6.45) is 7.88. The Balaban J connectivity index is 1.23. The fourth-order valence-electron chi connectivity index (χ4n) is 3.98. The smallest absolute Gasteiger partial charge is 0.321 e. The lowest BCUT2D eigenvalue weighted by atomic mass is 10.0. The van der Waals surface area contributed by atoms with Gasteiger partial charge in [-0.15, -0.1) is 11.3 Å². The molecule has 0 atom stereocenters. The SMILES string of the molecule is O=C(Nc1nc2c(s1)CCCCC2)NC1CCN(Cc2ccccc2)CC1. The number of hydrogen-bond donors (Lipinski definition) is 2. The first kappa shape index (κ1) is 18.4. The van der Waals surface area contributed by atoms with E-state index in [-0.39, 0.29) is 12.1 Å². The van der Waals surface area contributed by atoms with Crippen LogP contribution in [0.4, 0.5) is 9.93 Å². The van der Waals surface area contributed by atoms with Crippen molar-refractivity contribution in [2.24, 2.45) is 0 Å². The monoisotopic (exact) mass is 384 g/mol. The third kappa shape index (κ3) is 5.08. The number of urea groups is 1. The molecule has 0 unspecified atom stereocenters. The molecule has 2 aliphatic rings. The number of carbonyl (C=O) groups is 1. The first-order chi connectivity index (χ1) is 13.3. The van der Waals surface area contributed by atoms with E-state index >= 15 is 0 Å². The maximum absolute atomic E-state index is 12.4. The fraction of sp³-hybridized carbons (Fsp3) is 0.524. The van der Waals surface area contributed by atoms with Crippen molar-refractivity contribution in [3.8, 4) is 0 Å². The van der Waals surface area contributed by atoms with Gasteiger partial charge in [-0.05, 0) is 44.1 Å². The van der Waals surface area contributed by atoms with E-state index in [9.17, 15) is 4.79 Å². The van der Waals surface area contributed by atoms with Gasteiger partial charge >= 0.3 is 6.03 Å². The maximum Gasteiger partial charge on any atom is 0.321 e. The summed E-state index contributed by atoms with van der Waals surface area (Å²) in [6.45, 7) is 3.03. The molecular weight excluding hydrogens is 356 g/mol. The Morgan fingerprint density at radius 3 is 2.70 bits per heavy atom. The lowest BCUT2D eigenvalue weighted by molar-refractivity contribution is 0.190. The van der Waals surface area contributed by atoms with Gasteiger partial charge in [0.2, 0.25) is 0 Å². The van der Waals surface area contributed by atoms with Gasteiger partial charge in [0.05, 0.1) is 5.69 Å². The third-order valence-electron chi connectivity index (χ3n) is 5.49. The van der Waals surface area contributed by atoms with Crippen molar-refractivity contribution >= 4 is 22.5 Å². The molecule has 2 heterocycles. The minimum absolute atomic E-state index is 0.111. The fourth-order valence-corrected chi connectivity index (χ4v) is 5.02. The molecule has 144 valence electrons. The number of nitrogens with zero attached hydrogens (tertiary/aromatic N) is 2. The largest absolute Gasteiger partial charge is 0.335 e. The molecule has 2 amide bonds. The number of fused-ring (bicyclic) bond motifs is 1. The molecule has 27 heavy (non-hydrogen) atoms.